The van der Waals surface area contributed by atoms with E-state index in [0.717, 1.165) is 24.8 Å². The standard InChI is InChI=1S/C16H24N2O3S/c1-4-5-6-9-17-16(19)13-7-8-15-14(11-13)10-12(2)18(15)22(3,20)21/h7-8,11-12H,4-6,9-10H2,1-3H3,(H,17,19)/t12-/m0/s1. The van der Waals surface area contributed by atoms with Gasteiger partial charge in [-0.1, -0.05) is 19.8 Å². The normalized spacial score (nSPS) is 17.4. The van der Waals surface area contributed by atoms with Gasteiger partial charge in [0.25, 0.3) is 5.91 Å². The van der Waals surface area contributed by atoms with Crippen LogP contribution in [0.5, 0.6) is 0 Å². The molecule has 22 heavy (non-hydrogen) atoms. The molecule has 0 saturated heterocycles. The summed E-state index contributed by atoms with van der Waals surface area (Å²) in [6.07, 6.45) is 5.05. The first kappa shape index (κ1) is 16.8. The van der Waals surface area contributed by atoms with Crippen LogP contribution in [-0.4, -0.2) is 33.2 Å². The lowest BCUT2D eigenvalue weighted by Crippen LogP contribution is -2.34. The van der Waals surface area contributed by atoms with E-state index in [0.29, 0.717) is 24.2 Å². The Morgan fingerprint density at radius 3 is 2.73 bits per heavy atom. The van der Waals surface area contributed by atoms with Gasteiger partial charge < -0.3 is 5.32 Å². The van der Waals surface area contributed by atoms with Gasteiger partial charge in [0.1, 0.15) is 0 Å². The first-order valence-electron chi connectivity index (χ1n) is 7.75. The van der Waals surface area contributed by atoms with Crippen molar-refractivity contribution in [2.75, 3.05) is 17.1 Å². The zero-order valence-corrected chi connectivity index (χ0v) is 14.2. The van der Waals surface area contributed by atoms with Gasteiger partial charge in [0, 0.05) is 18.2 Å². The number of nitrogens with one attached hydrogen (secondary N) is 1. The summed E-state index contributed by atoms with van der Waals surface area (Å²) in [4.78, 5) is 12.1. The molecular formula is C16H24N2O3S. The second-order valence-corrected chi connectivity index (χ2v) is 7.78. The lowest BCUT2D eigenvalue weighted by atomic mass is 10.1. The minimum Gasteiger partial charge on any atom is -0.352 e. The molecular weight excluding hydrogens is 300 g/mol. The van der Waals surface area contributed by atoms with Crippen LogP contribution in [0.25, 0.3) is 0 Å². The van der Waals surface area contributed by atoms with Crippen LogP contribution in [0.3, 0.4) is 0 Å². The van der Waals surface area contributed by atoms with Gasteiger partial charge in [-0.05, 0) is 43.5 Å². The maximum absolute atomic E-state index is 12.1. The van der Waals surface area contributed by atoms with E-state index in [1.807, 2.05) is 13.0 Å². The molecule has 0 radical (unpaired) electrons. The van der Waals surface area contributed by atoms with Gasteiger partial charge in [-0.2, -0.15) is 0 Å². The monoisotopic (exact) mass is 324 g/mol. The van der Waals surface area contributed by atoms with E-state index in [9.17, 15) is 13.2 Å². The van der Waals surface area contributed by atoms with Crippen LogP contribution >= 0.6 is 0 Å². The SMILES string of the molecule is CCCCCNC(=O)c1ccc2c(c1)C[C@H](C)N2S(C)(=O)=O. The summed E-state index contributed by atoms with van der Waals surface area (Å²) in [5.41, 5.74) is 2.20. The Morgan fingerprint density at radius 2 is 2.09 bits per heavy atom. The summed E-state index contributed by atoms with van der Waals surface area (Å²) >= 11 is 0. The first-order valence-corrected chi connectivity index (χ1v) is 9.60. The lowest BCUT2D eigenvalue weighted by molar-refractivity contribution is 0.0953. The predicted octanol–water partition coefficient (Wildman–Crippen LogP) is 2.32. The Bertz CT molecular complexity index is 655. The second-order valence-electron chi connectivity index (χ2n) is 5.92. The summed E-state index contributed by atoms with van der Waals surface area (Å²) < 4.78 is 25.2. The molecule has 1 aromatic carbocycles. The van der Waals surface area contributed by atoms with Crippen LogP contribution in [0.4, 0.5) is 5.69 Å². The zero-order chi connectivity index (χ0) is 16.3. The number of nitrogens with zero attached hydrogens (tertiary/aromatic N) is 1. The molecule has 0 bridgehead atoms. The number of amides is 1. The van der Waals surface area contributed by atoms with Crippen LogP contribution < -0.4 is 9.62 Å². The Labute approximate surface area is 132 Å². The maximum Gasteiger partial charge on any atom is 0.251 e. The van der Waals surface area contributed by atoms with Crippen LogP contribution in [0.15, 0.2) is 18.2 Å². The van der Waals surface area contributed by atoms with E-state index in [-0.39, 0.29) is 11.9 Å². The molecule has 0 aliphatic carbocycles. The number of unbranched alkanes of at least 4 members (excludes halogenated alkanes) is 2. The first-order chi connectivity index (χ1) is 10.3. The van der Waals surface area contributed by atoms with Crippen LogP contribution in [0.2, 0.25) is 0 Å². The highest BCUT2D eigenvalue weighted by Gasteiger charge is 2.32. The van der Waals surface area contributed by atoms with E-state index in [2.05, 4.69) is 12.2 Å². The summed E-state index contributed by atoms with van der Waals surface area (Å²) in [6.45, 7) is 4.68. The number of rotatable bonds is 6. The van der Waals surface area contributed by atoms with Gasteiger partial charge in [-0.15, -0.1) is 0 Å². The molecule has 1 aliphatic rings. The molecule has 1 aromatic rings. The number of hydrogen-bond donors (Lipinski definition) is 1. The highest BCUT2D eigenvalue weighted by atomic mass is 32.2. The van der Waals surface area contributed by atoms with Gasteiger partial charge >= 0.3 is 0 Å². The topological polar surface area (TPSA) is 66.5 Å². The number of benzene rings is 1. The number of carbonyl (C=O) groups is 1. The molecule has 5 nitrogen and oxygen atoms in total. The van der Waals surface area contributed by atoms with E-state index < -0.39 is 10.0 Å². The van der Waals surface area contributed by atoms with Crippen LogP contribution in [0, 0.1) is 0 Å². The number of carbonyl (C=O) groups excluding carboxylic acids is 1. The molecule has 1 N–H and O–H groups in total. The van der Waals surface area contributed by atoms with Gasteiger partial charge in [-0.3, -0.25) is 9.10 Å². The van der Waals surface area contributed by atoms with Crippen molar-refractivity contribution in [2.45, 2.75) is 45.6 Å². The molecule has 0 fully saturated rings. The summed E-state index contributed by atoms with van der Waals surface area (Å²) in [5.74, 6) is -0.0932. The fraction of sp³-hybridized carbons (Fsp3) is 0.562. The number of anilines is 1. The second kappa shape index (κ2) is 6.69. The third kappa shape index (κ3) is 3.61. The average Bonchev–Trinajstić information content (AvgIpc) is 2.77. The molecule has 0 unspecified atom stereocenters. The van der Waals surface area contributed by atoms with Gasteiger partial charge in [-0.25, -0.2) is 8.42 Å². The fourth-order valence-electron chi connectivity index (χ4n) is 2.93. The minimum absolute atomic E-state index is 0.0932. The van der Waals surface area contributed by atoms with Gasteiger partial charge in [0.05, 0.1) is 11.9 Å². The fourth-order valence-corrected chi connectivity index (χ4v) is 4.19. The van der Waals surface area contributed by atoms with E-state index >= 15 is 0 Å². The van der Waals surface area contributed by atoms with Crippen molar-refractivity contribution >= 4 is 21.6 Å². The summed E-state index contributed by atoms with van der Waals surface area (Å²) in [7, 11) is -3.29. The van der Waals surface area contributed by atoms with Crippen molar-refractivity contribution in [3.05, 3.63) is 29.3 Å². The van der Waals surface area contributed by atoms with Crippen molar-refractivity contribution in [3.63, 3.8) is 0 Å². The molecule has 1 aliphatic heterocycles. The van der Waals surface area contributed by atoms with Crippen molar-refractivity contribution in [1.29, 1.82) is 0 Å². The van der Waals surface area contributed by atoms with Crippen molar-refractivity contribution in [3.8, 4) is 0 Å². The smallest absolute Gasteiger partial charge is 0.251 e. The molecule has 0 spiro atoms. The predicted molar refractivity (Wildman–Crippen MR) is 88.8 cm³/mol. The number of sulfonamides is 1. The van der Waals surface area contributed by atoms with E-state index in [1.54, 1.807) is 12.1 Å². The molecule has 1 heterocycles. The highest BCUT2D eigenvalue weighted by molar-refractivity contribution is 7.92. The molecule has 0 saturated carbocycles. The Hall–Kier alpha value is -1.56. The zero-order valence-electron chi connectivity index (χ0n) is 13.4. The maximum atomic E-state index is 12.1. The Kier molecular flexibility index (Phi) is 5.11. The van der Waals surface area contributed by atoms with Crippen molar-refractivity contribution in [2.24, 2.45) is 0 Å². The highest BCUT2D eigenvalue weighted by Crippen LogP contribution is 2.34. The summed E-state index contributed by atoms with van der Waals surface area (Å²) in [6, 6.07) is 5.14. The van der Waals surface area contributed by atoms with E-state index in [1.165, 1.54) is 10.6 Å². The molecule has 1 amide bonds. The van der Waals surface area contributed by atoms with Crippen molar-refractivity contribution < 1.29 is 13.2 Å². The molecule has 2 rings (SSSR count). The minimum atomic E-state index is -3.29. The molecule has 0 aromatic heterocycles. The van der Waals surface area contributed by atoms with Crippen LogP contribution in [0.1, 0.15) is 49.0 Å². The lowest BCUT2D eigenvalue weighted by Gasteiger charge is -2.21. The quantitative estimate of drug-likeness (QED) is 0.817. The largest absolute Gasteiger partial charge is 0.352 e. The van der Waals surface area contributed by atoms with Gasteiger partial charge in [0.2, 0.25) is 10.0 Å². The number of hydrogen-bond acceptors (Lipinski definition) is 3. The molecule has 6 heteroatoms. The van der Waals surface area contributed by atoms with Crippen LogP contribution in [-0.2, 0) is 16.4 Å². The Morgan fingerprint density at radius 1 is 1.36 bits per heavy atom. The Balaban J connectivity index is 2.13. The molecule has 122 valence electrons. The molecule has 1 atom stereocenters. The van der Waals surface area contributed by atoms with E-state index in [4.69, 9.17) is 0 Å². The average molecular weight is 324 g/mol. The third-order valence-electron chi connectivity index (χ3n) is 3.92. The summed E-state index contributed by atoms with van der Waals surface area (Å²) in [5, 5.41) is 2.91. The third-order valence-corrected chi connectivity index (χ3v) is 5.19. The number of fused-ring (bicyclic) bond motifs is 1. The van der Waals surface area contributed by atoms with Gasteiger partial charge in [0.15, 0.2) is 0 Å². The van der Waals surface area contributed by atoms with Crippen molar-refractivity contribution in [1.82, 2.24) is 5.32 Å².